The average molecular weight is 354 g/mol. The molecule has 1 aliphatic heterocycles. The van der Waals surface area contributed by atoms with Crippen molar-refractivity contribution in [3.63, 3.8) is 0 Å². The van der Waals surface area contributed by atoms with Crippen molar-refractivity contribution in [2.75, 3.05) is 19.7 Å². The van der Waals surface area contributed by atoms with Crippen LogP contribution in [0.15, 0.2) is 18.3 Å². The molecule has 0 bridgehead atoms. The van der Waals surface area contributed by atoms with Crippen LogP contribution in [0.5, 0.6) is 0 Å². The van der Waals surface area contributed by atoms with E-state index in [9.17, 15) is 4.79 Å². The van der Waals surface area contributed by atoms with Crippen molar-refractivity contribution in [1.82, 2.24) is 29.0 Å². The minimum Gasteiger partial charge on any atom is -0.367 e. The summed E-state index contributed by atoms with van der Waals surface area (Å²) in [6.07, 6.45) is 1.73. The summed E-state index contributed by atoms with van der Waals surface area (Å²) in [5.74, 6) is 0.731. The largest absolute Gasteiger partial charge is 0.367 e. The quantitative estimate of drug-likeness (QED) is 0.699. The number of ether oxygens (including phenoxy) is 1. The minimum atomic E-state index is -0.231. The maximum atomic E-state index is 13.0. The van der Waals surface area contributed by atoms with Gasteiger partial charge in [-0.1, -0.05) is 0 Å². The summed E-state index contributed by atoms with van der Waals surface area (Å²) in [5, 5.41) is 4.45. The summed E-state index contributed by atoms with van der Waals surface area (Å²) in [6, 6.07) is 3.69. The van der Waals surface area contributed by atoms with Crippen molar-refractivity contribution in [3.8, 4) is 0 Å². The molecule has 0 aromatic carbocycles. The van der Waals surface area contributed by atoms with Crippen LogP contribution in [0.2, 0.25) is 0 Å². The highest BCUT2D eigenvalue weighted by Crippen LogP contribution is 2.22. The van der Waals surface area contributed by atoms with Gasteiger partial charge in [0.2, 0.25) is 0 Å². The van der Waals surface area contributed by atoms with E-state index in [1.165, 1.54) is 0 Å². The van der Waals surface area contributed by atoms with Crippen molar-refractivity contribution in [1.29, 1.82) is 0 Å². The number of fused-ring (bicyclic) bond motifs is 1. The van der Waals surface area contributed by atoms with Crippen LogP contribution in [0.4, 0.5) is 0 Å². The van der Waals surface area contributed by atoms with Gasteiger partial charge in [0.15, 0.2) is 11.3 Å². The zero-order valence-electron chi connectivity index (χ0n) is 15.4. The molecule has 8 nitrogen and oxygen atoms in total. The van der Waals surface area contributed by atoms with E-state index in [2.05, 4.69) is 15.1 Å². The fourth-order valence-electron chi connectivity index (χ4n) is 3.48. The maximum absolute atomic E-state index is 13.0. The first-order valence-corrected chi connectivity index (χ1v) is 8.67. The fraction of sp³-hybridized carbons (Fsp3) is 0.444. The monoisotopic (exact) mass is 354 g/mol. The number of rotatable bonds is 2. The number of aromatic nitrogens is 5. The van der Waals surface area contributed by atoms with Gasteiger partial charge in [0.05, 0.1) is 18.8 Å². The summed E-state index contributed by atoms with van der Waals surface area (Å²) in [5.41, 5.74) is 3.89. The Morgan fingerprint density at radius 2 is 2.00 bits per heavy atom. The molecule has 3 aromatic rings. The number of carbonyl (C=O) groups excluding carboxylic acids is 1. The van der Waals surface area contributed by atoms with Gasteiger partial charge in [0, 0.05) is 37.2 Å². The molecule has 1 atom stereocenters. The molecule has 0 saturated carbocycles. The van der Waals surface area contributed by atoms with Crippen LogP contribution < -0.4 is 0 Å². The molecule has 26 heavy (non-hydrogen) atoms. The highest BCUT2D eigenvalue weighted by atomic mass is 16.5. The van der Waals surface area contributed by atoms with Gasteiger partial charge >= 0.3 is 0 Å². The Hall–Kier alpha value is -2.74. The molecule has 1 fully saturated rings. The Bertz CT molecular complexity index is 989. The number of nitrogens with zero attached hydrogens (tertiary/aromatic N) is 6. The Kier molecular flexibility index (Phi) is 3.99. The lowest BCUT2D eigenvalue weighted by atomic mass is 10.2. The van der Waals surface area contributed by atoms with Gasteiger partial charge in [0.25, 0.3) is 5.91 Å². The lowest BCUT2D eigenvalue weighted by Gasteiger charge is -2.32. The van der Waals surface area contributed by atoms with Crippen LogP contribution in [0.1, 0.15) is 39.5 Å². The van der Waals surface area contributed by atoms with Crippen molar-refractivity contribution >= 4 is 11.6 Å². The van der Waals surface area contributed by atoms with Crippen molar-refractivity contribution in [2.45, 2.75) is 26.9 Å². The molecule has 0 aliphatic carbocycles. The van der Waals surface area contributed by atoms with E-state index in [1.807, 2.05) is 44.6 Å². The molecule has 3 aromatic heterocycles. The molecule has 4 heterocycles. The number of amides is 1. The molecule has 0 unspecified atom stereocenters. The molecule has 1 aliphatic rings. The molecule has 1 saturated heterocycles. The molecule has 4 rings (SSSR count). The van der Waals surface area contributed by atoms with Gasteiger partial charge in [-0.2, -0.15) is 5.10 Å². The molecule has 0 spiro atoms. The zero-order chi connectivity index (χ0) is 18.4. The van der Waals surface area contributed by atoms with Gasteiger partial charge in [-0.05, 0) is 26.8 Å². The number of morpholine rings is 1. The second-order valence-corrected chi connectivity index (χ2v) is 6.80. The third-order valence-electron chi connectivity index (χ3n) is 4.63. The molecule has 8 heteroatoms. The summed E-state index contributed by atoms with van der Waals surface area (Å²) >= 11 is 0. The first kappa shape index (κ1) is 16.7. The first-order valence-electron chi connectivity index (χ1n) is 8.67. The second-order valence-electron chi connectivity index (χ2n) is 6.80. The van der Waals surface area contributed by atoms with Crippen molar-refractivity contribution in [3.05, 3.63) is 46.9 Å². The van der Waals surface area contributed by atoms with Gasteiger partial charge in [-0.15, -0.1) is 0 Å². The summed E-state index contributed by atoms with van der Waals surface area (Å²) < 4.78 is 9.51. The first-order chi connectivity index (χ1) is 12.4. The average Bonchev–Trinajstić information content (AvgIpc) is 3.17. The Morgan fingerprint density at radius 1 is 1.19 bits per heavy atom. The van der Waals surface area contributed by atoms with E-state index in [-0.39, 0.29) is 12.0 Å². The predicted octanol–water partition coefficient (Wildman–Crippen LogP) is 1.60. The van der Waals surface area contributed by atoms with E-state index in [1.54, 1.807) is 15.5 Å². The lowest BCUT2D eigenvalue weighted by Crippen LogP contribution is -2.43. The molecule has 1 amide bonds. The smallest absolute Gasteiger partial charge is 0.274 e. The zero-order valence-corrected chi connectivity index (χ0v) is 15.4. The van der Waals surface area contributed by atoms with Crippen LogP contribution in [-0.2, 0) is 11.8 Å². The third kappa shape index (κ3) is 2.86. The molecule has 0 N–H and O–H groups in total. The number of carbonyl (C=O) groups is 1. The van der Waals surface area contributed by atoms with Crippen molar-refractivity contribution < 1.29 is 9.53 Å². The summed E-state index contributed by atoms with van der Waals surface area (Å²) in [6.45, 7) is 7.32. The highest BCUT2D eigenvalue weighted by Gasteiger charge is 2.30. The van der Waals surface area contributed by atoms with Gasteiger partial charge in [0.1, 0.15) is 11.9 Å². The van der Waals surface area contributed by atoms with Crippen LogP contribution in [-0.4, -0.2) is 54.7 Å². The SMILES string of the molecule is Cc1cn(C)c([C@H]2CN(C(=O)c3cc4nc(C)cc(C)n4n3)CCO2)n1. The van der Waals surface area contributed by atoms with Gasteiger partial charge < -0.3 is 14.2 Å². The molecular weight excluding hydrogens is 332 g/mol. The summed E-state index contributed by atoms with van der Waals surface area (Å²) in [7, 11) is 1.94. The fourth-order valence-corrected chi connectivity index (χ4v) is 3.48. The van der Waals surface area contributed by atoms with E-state index < -0.39 is 0 Å². The number of hydrogen-bond acceptors (Lipinski definition) is 5. The van der Waals surface area contributed by atoms with Gasteiger partial charge in [-0.25, -0.2) is 14.5 Å². The van der Waals surface area contributed by atoms with Crippen LogP contribution in [0.3, 0.4) is 0 Å². The predicted molar refractivity (Wildman–Crippen MR) is 95.0 cm³/mol. The highest BCUT2D eigenvalue weighted by molar-refractivity contribution is 5.93. The van der Waals surface area contributed by atoms with Crippen LogP contribution in [0, 0.1) is 20.8 Å². The van der Waals surface area contributed by atoms with Gasteiger partial charge in [-0.3, -0.25) is 4.79 Å². The molecule has 136 valence electrons. The number of imidazole rings is 1. The van der Waals surface area contributed by atoms with E-state index >= 15 is 0 Å². The Balaban J connectivity index is 1.60. The van der Waals surface area contributed by atoms with Crippen molar-refractivity contribution in [2.24, 2.45) is 7.05 Å². The van der Waals surface area contributed by atoms with E-state index in [0.717, 1.165) is 22.9 Å². The minimum absolute atomic E-state index is 0.105. The van der Waals surface area contributed by atoms with E-state index in [0.29, 0.717) is 31.0 Å². The Labute approximate surface area is 151 Å². The van der Waals surface area contributed by atoms with Crippen LogP contribution in [0.25, 0.3) is 5.65 Å². The Morgan fingerprint density at radius 3 is 2.73 bits per heavy atom. The van der Waals surface area contributed by atoms with E-state index in [4.69, 9.17) is 4.74 Å². The topological polar surface area (TPSA) is 77.6 Å². The van der Waals surface area contributed by atoms with Crippen LogP contribution >= 0.6 is 0 Å². The molecular formula is C18H22N6O2. The molecule has 0 radical (unpaired) electrons. The normalized spacial score (nSPS) is 17.8. The summed E-state index contributed by atoms with van der Waals surface area (Å²) in [4.78, 5) is 23.7. The second kappa shape index (κ2) is 6.21. The number of aryl methyl sites for hydroxylation is 4. The third-order valence-corrected chi connectivity index (χ3v) is 4.63. The maximum Gasteiger partial charge on any atom is 0.274 e. The number of hydrogen-bond donors (Lipinski definition) is 0. The lowest BCUT2D eigenvalue weighted by molar-refractivity contribution is -0.0281. The standard InChI is InChI=1S/C18H22N6O2/c1-11-7-13(3)24-16(19-11)8-14(21-24)18(25)23-5-6-26-15(10-23)17-20-12(2)9-22(17)4/h7-9,15H,5-6,10H2,1-4H3/t15-/m1/s1.